The van der Waals surface area contributed by atoms with Crippen molar-refractivity contribution in [2.75, 3.05) is 23.7 Å². The van der Waals surface area contributed by atoms with Crippen LogP contribution in [-0.4, -0.2) is 23.6 Å². The molecule has 1 aliphatic rings. The molecular formula is C13H17ClFNS. The SMILES string of the molecule is CC1(C)CN(c2ccc(CCl)cc2F)CCS1. The van der Waals surface area contributed by atoms with Gasteiger partial charge >= 0.3 is 0 Å². The molecule has 1 saturated heterocycles. The van der Waals surface area contributed by atoms with E-state index in [0.29, 0.717) is 11.6 Å². The van der Waals surface area contributed by atoms with Crippen LogP contribution in [0.4, 0.5) is 10.1 Å². The van der Waals surface area contributed by atoms with Gasteiger partial charge in [0.15, 0.2) is 0 Å². The molecule has 0 bridgehead atoms. The zero-order valence-corrected chi connectivity index (χ0v) is 11.7. The molecule has 4 heteroatoms. The first kappa shape index (κ1) is 13.0. The van der Waals surface area contributed by atoms with Crippen molar-refractivity contribution in [2.24, 2.45) is 0 Å². The van der Waals surface area contributed by atoms with Crippen LogP contribution in [0.1, 0.15) is 19.4 Å². The van der Waals surface area contributed by atoms with E-state index in [-0.39, 0.29) is 10.6 Å². The van der Waals surface area contributed by atoms with Crippen LogP contribution in [0.2, 0.25) is 0 Å². The van der Waals surface area contributed by atoms with Crippen LogP contribution in [-0.2, 0) is 5.88 Å². The lowest BCUT2D eigenvalue weighted by Crippen LogP contribution is -2.43. The summed E-state index contributed by atoms with van der Waals surface area (Å²) in [6.45, 7) is 6.20. The lowest BCUT2D eigenvalue weighted by Gasteiger charge is -2.39. The van der Waals surface area contributed by atoms with E-state index >= 15 is 0 Å². The van der Waals surface area contributed by atoms with Gasteiger partial charge in [0, 0.05) is 29.5 Å². The molecule has 1 nitrogen and oxygen atoms in total. The van der Waals surface area contributed by atoms with Crippen molar-refractivity contribution in [2.45, 2.75) is 24.5 Å². The van der Waals surface area contributed by atoms with Crippen LogP contribution in [0.3, 0.4) is 0 Å². The van der Waals surface area contributed by atoms with Gasteiger partial charge in [-0.05, 0) is 31.5 Å². The van der Waals surface area contributed by atoms with E-state index in [4.69, 9.17) is 11.6 Å². The molecule has 1 heterocycles. The normalized spacial score (nSPS) is 19.4. The zero-order chi connectivity index (χ0) is 12.5. The fraction of sp³-hybridized carbons (Fsp3) is 0.538. The summed E-state index contributed by atoms with van der Waals surface area (Å²) in [5, 5.41) is 0. The number of rotatable bonds is 2. The van der Waals surface area contributed by atoms with Crippen LogP contribution in [0.25, 0.3) is 0 Å². The minimum Gasteiger partial charge on any atom is -0.367 e. The summed E-state index contributed by atoms with van der Waals surface area (Å²) in [4.78, 5) is 2.13. The number of anilines is 1. The molecule has 0 aromatic heterocycles. The Kier molecular flexibility index (Phi) is 3.88. The van der Waals surface area contributed by atoms with Gasteiger partial charge in [-0.15, -0.1) is 11.6 Å². The van der Waals surface area contributed by atoms with E-state index in [1.165, 1.54) is 6.07 Å². The monoisotopic (exact) mass is 273 g/mol. The molecule has 0 radical (unpaired) electrons. The summed E-state index contributed by atoms with van der Waals surface area (Å²) in [6, 6.07) is 5.29. The standard InChI is InChI=1S/C13H17ClFNS/c1-13(2)9-16(5-6-17-13)12-4-3-10(8-14)7-11(12)15/h3-4,7H,5-6,8-9H2,1-2H3. The lowest BCUT2D eigenvalue weighted by atomic mass is 10.1. The third-order valence-corrected chi connectivity index (χ3v) is 4.54. The molecule has 0 aliphatic carbocycles. The quantitative estimate of drug-likeness (QED) is 0.752. The number of halogens is 2. The molecule has 0 spiro atoms. The Labute approximate surface area is 111 Å². The van der Waals surface area contributed by atoms with Gasteiger partial charge in [0.2, 0.25) is 0 Å². The summed E-state index contributed by atoms with van der Waals surface area (Å²) in [7, 11) is 0. The maximum atomic E-state index is 14.0. The van der Waals surface area contributed by atoms with Crippen LogP contribution >= 0.6 is 23.4 Å². The Hall–Kier alpha value is -0.410. The Balaban J connectivity index is 2.22. The summed E-state index contributed by atoms with van der Waals surface area (Å²) < 4.78 is 14.2. The van der Waals surface area contributed by atoms with Gasteiger partial charge in [0.1, 0.15) is 5.82 Å². The number of alkyl halides is 1. The zero-order valence-electron chi connectivity index (χ0n) is 10.2. The van der Waals surface area contributed by atoms with Crippen LogP contribution in [0.15, 0.2) is 18.2 Å². The van der Waals surface area contributed by atoms with Gasteiger partial charge in [0.05, 0.1) is 5.69 Å². The highest BCUT2D eigenvalue weighted by Gasteiger charge is 2.28. The Morgan fingerprint density at radius 3 is 2.82 bits per heavy atom. The van der Waals surface area contributed by atoms with Crippen molar-refractivity contribution < 1.29 is 4.39 Å². The molecule has 0 saturated carbocycles. The molecule has 1 aliphatic heterocycles. The predicted molar refractivity (Wildman–Crippen MR) is 74.7 cm³/mol. The van der Waals surface area contributed by atoms with Gasteiger partial charge in [-0.3, -0.25) is 0 Å². The predicted octanol–water partition coefficient (Wildman–Crippen LogP) is 3.90. The minimum atomic E-state index is -0.161. The second-order valence-electron chi connectivity index (χ2n) is 4.95. The van der Waals surface area contributed by atoms with Gasteiger partial charge < -0.3 is 4.90 Å². The molecule has 94 valence electrons. The molecule has 0 unspecified atom stereocenters. The van der Waals surface area contributed by atoms with Gasteiger partial charge in [-0.2, -0.15) is 11.8 Å². The van der Waals surface area contributed by atoms with Crippen molar-refractivity contribution in [1.82, 2.24) is 0 Å². The molecule has 1 fully saturated rings. The van der Waals surface area contributed by atoms with Crippen molar-refractivity contribution in [3.63, 3.8) is 0 Å². The molecule has 1 aromatic rings. The first-order valence-corrected chi connectivity index (χ1v) is 7.27. The number of hydrogen-bond donors (Lipinski definition) is 0. The van der Waals surface area contributed by atoms with Crippen LogP contribution < -0.4 is 4.90 Å². The average Bonchev–Trinajstić information content (AvgIpc) is 2.27. The maximum absolute atomic E-state index is 14.0. The van der Waals surface area contributed by atoms with Crippen LogP contribution in [0, 0.1) is 5.82 Å². The fourth-order valence-corrected chi connectivity index (χ4v) is 3.39. The summed E-state index contributed by atoms with van der Waals surface area (Å²) in [5.74, 6) is 1.24. The Morgan fingerprint density at radius 1 is 1.47 bits per heavy atom. The molecule has 0 amide bonds. The summed E-state index contributed by atoms with van der Waals surface area (Å²) in [5.41, 5.74) is 1.53. The maximum Gasteiger partial charge on any atom is 0.146 e. The second kappa shape index (κ2) is 5.07. The number of hydrogen-bond acceptors (Lipinski definition) is 2. The van der Waals surface area contributed by atoms with Gasteiger partial charge in [0.25, 0.3) is 0 Å². The molecule has 1 aromatic carbocycles. The first-order valence-electron chi connectivity index (χ1n) is 5.75. The van der Waals surface area contributed by atoms with E-state index in [1.54, 1.807) is 0 Å². The summed E-state index contributed by atoms with van der Waals surface area (Å²) >= 11 is 7.65. The highest BCUT2D eigenvalue weighted by Crippen LogP contribution is 2.33. The Morgan fingerprint density at radius 2 is 2.24 bits per heavy atom. The topological polar surface area (TPSA) is 3.24 Å². The third-order valence-electron chi connectivity index (χ3n) is 2.93. The smallest absolute Gasteiger partial charge is 0.146 e. The Bertz CT molecular complexity index is 408. The summed E-state index contributed by atoms with van der Waals surface area (Å²) in [6.07, 6.45) is 0. The van der Waals surface area contributed by atoms with E-state index in [1.807, 2.05) is 23.9 Å². The third kappa shape index (κ3) is 3.08. The van der Waals surface area contributed by atoms with Crippen molar-refractivity contribution in [1.29, 1.82) is 0 Å². The molecule has 0 N–H and O–H groups in total. The van der Waals surface area contributed by atoms with Crippen molar-refractivity contribution in [3.05, 3.63) is 29.6 Å². The largest absolute Gasteiger partial charge is 0.367 e. The highest BCUT2D eigenvalue weighted by atomic mass is 35.5. The molecule has 2 rings (SSSR count). The van der Waals surface area contributed by atoms with Gasteiger partial charge in [-0.1, -0.05) is 6.07 Å². The second-order valence-corrected chi connectivity index (χ2v) is 7.02. The number of benzene rings is 1. The first-order chi connectivity index (χ1) is 8.02. The lowest BCUT2D eigenvalue weighted by molar-refractivity contribution is 0.596. The van der Waals surface area contributed by atoms with Crippen molar-refractivity contribution in [3.8, 4) is 0 Å². The molecular weight excluding hydrogens is 257 g/mol. The van der Waals surface area contributed by atoms with Gasteiger partial charge in [-0.25, -0.2) is 4.39 Å². The molecule has 0 atom stereocenters. The van der Waals surface area contributed by atoms with E-state index in [2.05, 4.69) is 18.7 Å². The van der Waals surface area contributed by atoms with Crippen LogP contribution in [0.5, 0.6) is 0 Å². The fourth-order valence-electron chi connectivity index (χ4n) is 2.11. The van der Waals surface area contributed by atoms with E-state index < -0.39 is 0 Å². The molecule has 17 heavy (non-hydrogen) atoms. The van der Waals surface area contributed by atoms with E-state index in [0.717, 1.165) is 24.4 Å². The average molecular weight is 274 g/mol. The number of thioether (sulfide) groups is 1. The van der Waals surface area contributed by atoms with E-state index in [9.17, 15) is 4.39 Å². The minimum absolute atomic E-state index is 0.161. The highest BCUT2D eigenvalue weighted by molar-refractivity contribution is 8.00. The number of nitrogens with zero attached hydrogens (tertiary/aromatic N) is 1. The van der Waals surface area contributed by atoms with Crippen molar-refractivity contribution >= 4 is 29.1 Å².